The predicted molar refractivity (Wildman–Crippen MR) is 95.0 cm³/mol. The first kappa shape index (κ1) is 16.5. The van der Waals surface area contributed by atoms with Crippen LogP contribution < -0.4 is 5.32 Å². The number of benzene rings is 1. The maximum Gasteiger partial charge on any atom is 0.0349 e. The van der Waals surface area contributed by atoms with Gasteiger partial charge >= 0.3 is 0 Å². The van der Waals surface area contributed by atoms with Crippen LogP contribution in [0, 0.1) is 0 Å². The Morgan fingerprint density at radius 3 is 2.62 bits per heavy atom. The molecule has 0 aliphatic heterocycles. The van der Waals surface area contributed by atoms with Crippen LogP contribution in [0.15, 0.2) is 24.3 Å². The van der Waals surface area contributed by atoms with E-state index in [0.717, 1.165) is 19.6 Å². The molecule has 1 aromatic carbocycles. The van der Waals surface area contributed by atoms with Crippen LogP contribution in [0.1, 0.15) is 44.6 Å². The van der Waals surface area contributed by atoms with Gasteiger partial charge in [0, 0.05) is 28.7 Å². The number of fused-ring (bicyclic) bond motifs is 1. The van der Waals surface area contributed by atoms with E-state index in [9.17, 15) is 0 Å². The average Bonchev–Trinajstić information content (AvgIpc) is 2.82. The Morgan fingerprint density at radius 1 is 1.19 bits per heavy atom. The van der Waals surface area contributed by atoms with Gasteiger partial charge in [0.1, 0.15) is 0 Å². The third kappa shape index (κ3) is 4.06. The third-order valence-corrected chi connectivity index (χ3v) is 5.13. The fraction of sp³-hybridized carbons (Fsp3) is 0.556. The first-order valence-corrected chi connectivity index (χ1v) is 8.93. The van der Waals surface area contributed by atoms with Crippen molar-refractivity contribution in [3.8, 4) is 0 Å². The molecule has 0 aliphatic carbocycles. The number of hydrogen-bond donors (Lipinski definition) is 1. The molecular formula is C18H28N2S. The van der Waals surface area contributed by atoms with E-state index in [-0.39, 0.29) is 0 Å². The molecule has 2 rings (SSSR count). The number of nitrogens with zero attached hydrogens (tertiary/aromatic N) is 1. The van der Waals surface area contributed by atoms with Gasteiger partial charge in [-0.2, -0.15) is 0 Å². The normalized spacial score (nSPS) is 11.9. The summed E-state index contributed by atoms with van der Waals surface area (Å²) in [5, 5.41) is 4.93. The summed E-state index contributed by atoms with van der Waals surface area (Å²) in [6, 6.07) is 9.43. The van der Waals surface area contributed by atoms with Gasteiger partial charge in [0.15, 0.2) is 0 Å². The lowest BCUT2D eigenvalue weighted by Gasteiger charge is -2.26. The van der Waals surface area contributed by atoms with Crippen LogP contribution in [0.5, 0.6) is 0 Å². The Kier molecular flexibility index (Phi) is 6.22. The Hall–Kier alpha value is -0.900. The van der Waals surface area contributed by atoms with Crippen LogP contribution in [0.4, 0.5) is 0 Å². The zero-order valence-corrected chi connectivity index (χ0v) is 14.6. The van der Waals surface area contributed by atoms with Gasteiger partial charge in [0.05, 0.1) is 0 Å². The molecule has 21 heavy (non-hydrogen) atoms. The first-order chi connectivity index (χ1) is 10.2. The molecule has 0 saturated heterocycles. The minimum Gasteiger partial charge on any atom is -0.312 e. The summed E-state index contributed by atoms with van der Waals surface area (Å²) < 4.78 is 1.42. The summed E-state index contributed by atoms with van der Waals surface area (Å²) in [5.74, 6) is 0. The fourth-order valence-corrected chi connectivity index (χ4v) is 3.90. The highest BCUT2D eigenvalue weighted by molar-refractivity contribution is 7.19. The Labute approximate surface area is 133 Å². The summed E-state index contributed by atoms with van der Waals surface area (Å²) in [6.07, 6.45) is 1.21. The standard InChI is InChI=1S/C18H28N2S/c1-5-11-20(14(3)4)13-16-15-9-7-8-10-17(15)21-18(16)12-19-6-2/h7-10,14,19H,5-6,11-13H2,1-4H3. The fourth-order valence-electron chi connectivity index (χ4n) is 2.71. The van der Waals surface area contributed by atoms with Crippen molar-refractivity contribution < 1.29 is 0 Å². The first-order valence-electron chi connectivity index (χ1n) is 8.11. The minimum atomic E-state index is 0.593. The van der Waals surface area contributed by atoms with Crippen LogP contribution >= 0.6 is 11.3 Å². The van der Waals surface area contributed by atoms with Crippen molar-refractivity contribution in [2.24, 2.45) is 0 Å². The van der Waals surface area contributed by atoms with Crippen LogP contribution in [0.25, 0.3) is 10.1 Å². The zero-order chi connectivity index (χ0) is 15.2. The quantitative estimate of drug-likeness (QED) is 0.765. The molecule has 0 fully saturated rings. The number of thiophene rings is 1. The van der Waals surface area contributed by atoms with Crippen molar-refractivity contribution in [2.75, 3.05) is 13.1 Å². The predicted octanol–water partition coefficient (Wildman–Crippen LogP) is 4.63. The topological polar surface area (TPSA) is 15.3 Å². The molecule has 0 spiro atoms. The van der Waals surface area contributed by atoms with E-state index in [1.165, 1.54) is 33.5 Å². The van der Waals surface area contributed by atoms with Gasteiger partial charge in [-0.25, -0.2) is 0 Å². The van der Waals surface area contributed by atoms with Gasteiger partial charge in [-0.1, -0.05) is 32.0 Å². The Bertz CT molecular complexity index is 559. The summed E-state index contributed by atoms with van der Waals surface area (Å²) >= 11 is 1.95. The highest BCUT2D eigenvalue weighted by Crippen LogP contribution is 2.32. The molecule has 0 aliphatic rings. The number of nitrogens with one attached hydrogen (secondary N) is 1. The molecule has 3 heteroatoms. The molecule has 0 bridgehead atoms. The molecule has 0 radical (unpaired) electrons. The van der Waals surface area contributed by atoms with Crippen molar-refractivity contribution in [1.82, 2.24) is 10.2 Å². The largest absolute Gasteiger partial charge is 0.312 e. The summed E-state index contributed by atoms with van der Waals surface area (Å²) in [6.45, 7) is 13.3. The Balaban J connectivity index is 2.34. The van der Waals surface area contributed by atoms with Gasteiger partial charge in [0.2, 0.25) is 0 Å². The molecule has 0 atom stereocenters. The van der Waals surface area contributed by atoms with E-state index in [4.69, 9.17) is 0 Å². The van der Waals surface area contributed by atoms with Gasteiger partial charge < -0.3 is 5.32 Å². The van der Waals surface area contributed by atoms with E-state index < -0.39 is 0 Å². The second kappa shape index (κ2) is 7.92. The molecular weight excluding hydrogens is 276 g/mol. The van der Waals surface area contributed by atoms with Gasteiger partial charge in [-0.15, -0.1) is 11.3 Å². The monoisotopic (exact) mass is 304 g/mol. The van der Waals surface area contributed by atoms with Crippen LogP contribution in [-0.2, 0) is 13.1 Å². The lowest BCUT2D eigenvalue weighted by Crippen LogP contribution is -2.31. The number of rotatable bonds is 8. The van der Waals surface area contributed by atoms with Crippen molar-refractivity contribution in [2.45, 2.75) is 53.2 Å². The lowest BCUT2D eigenvalue weighted by molar-refractivity contribution is 0.213. The van der Waals surface area contributed by atoms with E-state index in [1.807, 2.05) is 11.3 Å². The lowest BCUT2D eigenvalue weighted by atomic mass is 10.1. The van der Waals surface area contributed by atoms with Crippen molar-refractivity contribution >= 4 is 21.4 Å². The molecule has 0 saturated carbocycles. The second-order valence-electron chi connectivity index (χ2n) is 5.84. The zero-order valence-electron chi connectivity index (χ0n) is 13.8. The third-order valence-electron chi connectivity index (χ3n) is 3.92. The number of hydrogen-bond acceptors (Lipinski definition) is 3. The van der Waals surface area contributed by atoms with Crippen molar-refractivity contribution in [3.05, 3.63) is 34.7 Å². The van der Waals surface area contributed by atoms with E-state index in [2.05, 4.69) is 62.2 Å². The van der Waals surface area contributed by atoms with Crippen LogP contribution in [0.3, 0.4) is 0 Å². The van der Waals surface area contributed by atoms with Crippen molar-refractivity contribution in [3.63, 3.8) is 0 Å². The second-order valence-corrected chi connectivity index (χ2v) is 6.98. The van der Waals surface area contributed by atoms with Crippen LogP contribution in [0.2, 0.25) is 0 Å². The average molecular weight is 305 g/mol. The summed E-state index contributed by atoms with van der Waals surface area (Å²) in [7, 11) is 0. The van der Waals surface area contributed by atoms with E-state index >= 15 is 0 Å². The smallest absolute Gasteiger partial charge is 0.0349 e. The van der Waals surface area contributed by atoms with Crippen LogP contribution in [-0.4, -0.2) is 24.0 Å². The van der Waals surface area contributed by atoms with Gasteiger partial charge in [-0.05, 0) is 50.4 Å². The van der Waals surface area contributed by atoms with Crippen molar-refractivity contribution in [1.29, 1.82) is 0 Å². The molecule has 1 aromatic heterocycles. The summed E-state index contributed by atoms with van der Waals surface area (Å²) in [4.78, 5) is 4.09. The molecule has 1 N–H and O–H groups in total. The minimum absolute atomic E-state index is 0.593. The van der Waals surface area contributed by atoms with Gasteiger partial charge in [0.25, 0.3) is 0 Å². The molecule has 2 nitrogen and oxygen atoms in total. The van der Waals surface area contributed by atoms with E-state index in [0.29, 0.717) is 6.04 Å². The molecule has 1 heterocycles. The SMILES string of the molecule is CCCN(Cc1c(CNCC)sc2ccccc12)C(C)C. The van der Waals surface area contributed by atoms with Gasteiger partial charge in [-0.3, -0.25) is 4.90 Å². The molecule has 2 aromatic rings. The highest BCUT2D eigenvalue weighted by atomic mass is 32.1. The van der Waals surface area contributed by atoms with E-state index in [1.54, 1.807) is 0 Å². The molecule has 0 amide bonds. The maximum absolute atomic E-state index is 3.49. The molecule has 0 unspecified atom stereocenters. The summed E-state index contributed by atoms with van der Waals surface area (Å²) in [5.41, 5.74) is 1.53. The maximum atomic E-state index is 3.49. The highest BCUT2D eigenvalue weighted by Gasteiger charge is 2.16. The molecule has 116 valence electrons. The Morgan fingerprint density at radius 2 is 1.95 bits per heavy atom.